The van der Waals surface area contributed by atoms with Crippen LogP contribution in [-0.4, -0.2) is 22.7 Å². The highest BCUT2D eigenvalue weighted by molar-refractivity contribution is 6.00. The molecule has 0 N–H and O–H groups in total. The average Bonchev–Trinajstić information content (AvgIpc) is 3.03. The molecule has 2 atom stereocenters. The van der Waals surface area contributed by atoms with E-state index in [0.29, 0.717) is 23.3 Å². The summed E-state index contributed by atoms with van der Waals surface area (Å²) in [5.41, 5.74) is 0.698. The van der Waals surface area contributed by atoms with E-state index in [1.807, 2.05) is 4.68 Å². The van der Waals surface area contributed by atoms with E-state index in [1.54, 1.807) is 13.3 Å². The Balaban J connectivity index is 1.84. The van der Waals surface area contributed by atoms with Crippen LogP contribution in [0.2, 0.25) is 0 Å². The molecule has 2 aliphatic carbocycles. The fourth-order valence-corrected chi connectivity index (χ4v) is 3.69. The first-order valence-corrected chi connectivity index (χ1v) is 7.42. The van der Waals surface area contributed by atoms with Crippen LogP contribution in [0.1, 0.15) is 49.5 Å². The van der Waals surface area contributed by atoms with Crippen molar-refractivity contribution < 1.29 is 9.53 Å². The molecular weight excluding hydrogens is 240 g/mol. The van der Waals surface area contributed by atoms with E-state index in [4.69, 9.17) is 4.74 Å². The summed E-state index contributed by atoms with van der Waals surface area (Å²) in [6.45, 7) is 2.88. The number of hydrogen-bond acceptors (Lipinski definition) is 3. The van der Waals surface area contributed by atoms with Gasteiger partial charge in [-0.3, -0.25) is 9.48 Å². The third kappa shape index (κ3) is 2.07. The summed E-state index contributed by atoms with van der Waals surface area (Å²) in [5.74, 6) is 2.41. The Morgan fingerprint density at radius 2 is 2.11 bits per heavy atom. The van der Waals surface area contributed by atoms with Crippen molar-refractivity contribution in [2.24, 2.45) is 17.8 Å². The topological polar surface area (TPSA) is 44.1 Å². The molecule has 0 saturated heterocycles. The van der Waals surface area contributed by atoms with E-state index in [1.165, 1.54) is 25.7 Å². The number of rotatable bonds is 5. The molecule has 4 nitrogen and oxygen atoms in total. The van der Waals surface area contributed by atoms with Gasteiger partial charge in [0.15, 0.2) is 11.5 Å². The van der Waals surface area contributed by atoms with Gasteiger partial charge in [-0.1, -0.05) is 19.8 Å². The number of fused-ring (bicyclic) bond motifs is 1. The first kappa shape index (κ1) is 12.7. The molecule has 1 aromatic rings. The summed E-state index contributed by atoms with van der Waals surface area (Å²) in [7, 11) is 1.62. The van der Waals surface area contributed by atoms with Crippen LogP contribution >= 0.6 is 0 Å². The summed E-state index contributed by atoms with van der Waals surface area (Å²) >= 11 is 0. The molecule has 0 aliphatic heterocycles. The van der Waals surface area contributed by atoms with E-state index in [-0.39, 0.29) is 11.7 Å². The maximum absolute atomic E-state index is 12.8. The van der Waals surface area contributed by atoms with Gasteiger partial charge in [-0.25, -0.2) is 0 Å². The molecule has 3 rings (SSSR count). The summed E-state index contributed by atoms with van der Waals surface area (Å²) in [5, 5.41) is 4.30. The molecule has 0 amide bonds. The van der Waals surface area contributed by atoms with E-state index in [2.05, 4.69) is 12.0 Å². The van der Waals surface area contributed by atoms with E-state index in [9.17, 15) is 4.79 Å². The van der Waals surface area contributed by atoms with Crippen LogP contribution in [0.15, 0.2) is 6.20 Å². The molecule has 1 heterocycles. The molecule has 0 radical (unpaired) electrons. The lowest BCUT2D eigenvalue weighted by molar-refractivity contribution is 0.0942. The van der Waals surface area contributed by atoms with E-state index < -0.39 is 0 Å². The average molecular weight is 262 g/mol. The Bertz CT molecular complexity index is 468. The maximum atomic E-state index is 12.8. The van der Waals surface area contributed by atoms with Gasteiger partial charge in [0.1, 0.15) is 5.69 Å². The maximum Gasteiger partial charge on any atom is 0.188 e. The number of aromatic nitrogens is 2. The van der Waals surface area contributed by atoms with Crippen molar-refractivity contribution in [1.82, 2.24) is 9.78 Å². The molecule has 2 aliphatic rings. The number of carbonyl (C=O) groups is 1. The summed E-state index contributed by atoms with van der Waals surface area (Å²) < 4.78 is 7.15. The lowest BCUT2D eigenvalue weighted by Crippen LogP contribution is -2.14. The molecule has 0 spiro atoms. The minimum Gasteiger partial charge on any atom is -0.493 e. The number of ketones is 1. The lowest BCUT2D eigenvalue weighted by Gasteiger charge is -2.07. The zero-order valence-electron chi connectivity index (χ0n) is 11.8. The van der Waals surface area contributed by atoms with Crippen LogP contribution in [0.3, 0.4) is 0 Å². The Kier molecular flexibility index (Phi) is 3.33. The molecule has 1 aromatic heterocycles. The zero-order chi connectivity index (χ0) is 13.4. The van der Waals surface area contributed by atoms with Crippen LogP contribution in [0.25, 0.3) is 0 Å². The minimum atomic E-state index is 0.240. The molecule has 2 unspecified atom stereocenters. The monoisotopic (exact) mass is 262 g/mol. The molecule has 2 fully saturated rings. The van der Waals surface area contributed by atoms with Crippen molar-refractivity contribution in [3.63, 3.8) is 0 Å². The van der Waals surface area contributed by atoms with Crippen molar-refractivity contribution in [2.75, 3.05) is 7.11 Å². The largest absolute Gasteiger partial charge is 0.493 e. The smallest absolute Gasteiger partial charge is 0.188 e. The van der Waals surface area contributed by atoms with Crippen molar-refractivity contribution in [2.45, 2.75) is 45.6 Å². The van der Waals surface area contributed by atoms with Gasteiger partial charge in [0.2, 0.25) is 0 Å². The van der Waals surface area contributed by atoms with Crippen molar-refractivity contribution in [3.8, 4) is 5.75 Å². The molecule has 0 aromatic carbocycles. The second-order valence-corrected chi connectivity index (χ2v) is 5.79. The fourth-order valence-electron chi connectivity index (χ4n) is 3.69. The van der Waals surface area contributed by atoms with Crippen LogP contribution in [0, 0.1) is 17.8 Å². The van der Waals surface area contributed by atoms with Crippen LogP contribution in [-0.2, 0) is 6.54 Å². The standard InChI is InChI=1S/C15H22N2O2/c1-3-8-17-14(12(19-2)9-16-17)15(18)13-10-6-4-5-7-11(10)13/h9-11,13H,3-8H2,1-2H3. The molecular formula is C15H22N2O2. The summed E-state index contributed by atoms with van der Waals surface area (Å²) in [4.78, 5) is 12.8. The lowest BCUT2D eigenvalue weighted by atomic mass is 10.0. The highest BCUT2D eigenvalue weighted by atomic mass is 16.5. The minimum absolute atomic E-state index is 0.240. The Morgan fingerprint density at radius 1 is 1.42 bits per heavy atom. The van der Waals surface area contributed by atoms with Gasteiger partial charge in [-0.2, -0.15) is 5.10 Å². The molecule has 104 valence electrons. The second kappa shape index (κ2) is 4.99. The van der Waals surface area contributed by atoms with Gasteiger partial charge in [-0.15, -0.1) is 0 Å². The van der Waals surface area contributed by atoms with E-state index in [0.717, 1.165) is 13.0 Å². The Hall–Kier alpha value is -1.32. The van der Waals surface area contributed by atoms with Gasteiger partial charge < -0.3 is 4.74 Å². The number of hydrogen-bond donors (Lipinski definition) is 0. The predicted octanol–water partition coefficient (Wildman–Crippen LogP) is 2.92. The SMILES string of the molecule is CCCn1ncc(OC)c1C(=O)C1C2CCCCC21. The summed E-state index contributed by atoms with van der Waals surface area (Å²) in [6.07, 6.45) is 7.68. The molecule has 0 bridgehead atoms. The molecule has 4 heteroatoms. The number of nitrogens with zero attached hydrogens (tertiary/aromatic N) is 2. The number of ether oxygens (including phenoxy) is 1. The van der Waals surface area contributed by atoms with Crippen LogP contribution in [0.5, 0.6) is 5.75 Å². The zero-order valence-corrected chi connectivity index (χ0v) is 11.8. The third-order valence-corrected chi connectivity index (χ3v) is 4.65. The van der Waals surface area contributed by atoms with Gasteiger partial charge in [0.05, 0.1) is 13.3 Å². The van der Waals surface area contributed by atoms with Crippen LogP contribution in [0.4, 0.5) is 0 Å². The number of carbonyl (C=O) groups excluding carboxylic acids is 1. The highest BCUT2D eigenvalue weighted by Crippen LogP contribution is 2.56. The van der Waals surface area contributed by atoms with E-state index >= 15 is 0 Å². The second-order valence-electron chi connectivity index (χ2n) is 5.79. The Morgan fingerprint density at radius 3 is 2.68 bits per heavy atom. The quantitative estimate of drug-likeness (QED) is 0.766. The van der Waals surface area contributed by atoms with Crippen molar-refractivity contribution in [1.29, 1.82) is 0 Å². The highest BCUT2D eigenvalue weighted by Gasteiger charge is 2.55. The third-order valence-electron chi connectivity index (χ3n) is 4.65. The van der Waals surface area contributed by atoms with Gasteiger partial charge in [0.25, 0.3) is 0 Å². The molecule has 19 heavy (non-hydrogen) atoms. The summed E-state index contributed by atoms with van der Waals surface area (Å²) in [6, 6.07) is 0. The predicted molar refractivity (Wildman–Crippen MR) is 72.3 cm³/mol. The van der Waals surface area contributed by atoms with Gasteiger partial charge >= 0.3 is 0 Å². The molecule has 2 saturated carbocycles. The number of methoxy groups -OCH3 is 1. The van der Waals surface area contributed by atoms with Gasteiger partial charge in [0, 0.05) is 12.5 Å². The van der Waals surface area contributed by atoms with Gasteiger partial charge in [-0.05, 0) is 31.1 Å². The fraction of sp³-hybridized carbons (Fsp3) is 0.733. The van der Waals surface area contributed by atoms with Crippen molar-refractivity contribution in [3.05, 3.63) is 11.9 Å². The number of aryl methyl sites for hydroxylation is 1. The first-order valence-electron chi connectivity index (χ1n) is 7.42. The van der Waals surface area contributed by atoms with Crippen LogP contribution < -0.4 is 4.74 Å². The Labute approximate surface area is 114 Å². The number of Topliss-reactive ketones (excluding diaryl/α,β-unsaturated/α-hetero) is 1. The first-order chi connectivity index (χ1) is 9.27. The normalized spacial score (nSPS) is 28.8. The van der Waals surface area contributed by atoms with Crippen molar-refractivity contribution >= 4 is 5.78 Å².